The molecule has 8 heteroatoms. The summed E-state index contributed by atoms with van der Waals surface area (Å²) in [4.78, 5) is 0. The maximum Gasteiger partial charge on any atom is 0.248 e. The van der Waals surface area contributed by atoms with Crippen LogP contribution in [-0.2, 0) is 0 Å². The summed E-state index contributed by atoms with van der Waals surface area (Å²) in [5, 5.41) is 16.9. The van der Waals surface area contributed by atoms with E-state index in [1.807, 2.05) is 72.8 Å². The van der Waals surface area contributed by atoms with Crippen LogP contribution in [0.5, 0.6) is 11.5 Å². The number of rotatable bonds is 14. The molecular formula is C32H34N4O4. The Labute approximate surface area is 234 Å². The molecule has 0 aliphatic heterocycles. The first-order valence-electron chi connectivity index (χ1n) is 14.0. The van der Waals surface area contributed by atoms with Gasteiger partial charge in [-0.25, -0.2) is 0 Å². The van der Waals surface area contributed by atoms with Gasteiger partial charge in [-0.05, 0) is 85.6 Å². The van der Waals surface area contributed by atoms with Crippen LogP contribution in [0.1, 0.15) is 52.4 Å². The number of unbranched alkanes of at least 4 members (excludes halogenated alkanes) is 4. The first kappa shape index (κ1) is 27.1. The zero-order valence-corrected chi connectivity index (χ0v) is 23.0. The van der Waals surface area contributed by atoms with Gasteiger partial charge in [-0.3, -0.25) is 0 Å². The van der Waals surface area contributed by atoms with Crippen molar-refractivity contribution in [2.45, 2.75) is 52.4 Å². The van der Waals surface area contributed by atoms with E-state index in [1.54, 1.807) is 0 Å². The molecule has 5 aromatic rings. The highest BCUT2D eigenvalue weighted by atomic mass is 16.5. The van der Waals surface area contributed by atoms with Crippen molar-refractivity contribution in [2.24, 2.45) is 0 Å². The van der Waals surface area contributed by atoms with Crippen molar-refractivity contribution in [2.75, 3.05) is 13.2 Å². The van der Waals surface area contributed by atoms with Crippen LogP contribution >= 0.6 is 0 Å². The van der Waals surface area contributed by atoms with E-state index in [9.17, 15) is 0 Å². The molecule has 206 valence electrons. The van der Waals surface area contributed by atoms with Gasteiger partial charge in [0.15, 0.2) is 0 Å². The molecule has 40 heavy (non-hydrogen) atoms. The van der Waals surface area contributed by atoms with Gasteiger partial charge in [0.05, 0.1) is 13.2 Å². The smallest absolute Gasteiger partial charge is 0.248 e. The van der Waals surface area contributed by atoms with Crippen LogP contribution in [0.4, 0.5) is 0 Å². The minimum atomic E-state index is 0.435. The third-order valence-electron chi connectivity index (χ3n) is 6.46. The van der Waals surface area contributed by atoms with Gasteiger partial charge in [0, 0.05) is 22.3 Å². The molecule has 0 aliphatic carbocycles. The van der Waals surface area contributed by atoms with Gasteiger partial charge < -0.3 is 18.3 Å². The quantitative estimate of drug-likeness (QED) is 0.130. The Balaban J connectivity index is 1.20. The lowest BCUT2D eigenvalue weighted by Crippen LogP contribution is -1.96. The minimum Gasteiger partial charge on any atom is -0.494 e. The number of benzene rings is 3. The summed E-state index contributed by atoms with van der Waals surface area (Å²) in [6.45, 7) is 5.80. The highest BCUT2D eigenvalue weighted by Gasteiger charge is 2.14. The average molecular weight is 539 g/mol. The van der Waals surface area contributed by atoms with E-state index in [2.05, 4.69) is 34.2 Å². The molecule has 8 nitrogen and oxygen atoms in total. The van der Waals surface area contributed by atoms with Crippen molar-refractivity contribution in [1.29, 1.82) is 0 Å². The van der Waals surface area contributed by atoms with Crippen LogP contribution in [0.3, 0.4) is 0 Å². The van der Waals surface area contributed by atoms with Gasteiger partial charge in [0.2, 0.25) is 23.6 Å². The standard InChI is InChI=1S/C32H34N4O4/c1-3-5-7-21-37-27-17-13-25(14-18-27)31-35-33-29(39-31)23-9-11-24(12-10-23)30-34-36-32(40-30)26-15-19-28(20-16-26)38-22-8-6-4-2/h9-20H,3-8,21-22H2,1-2H3. The van der Waals surface area contributed by atoms with Crippen LogP contribution in [0.15, 0.2) is 81.6 Å². The van der Waals surface area contributed by atoms with Gasteiger partial charge in [-0.2, -0.15) is 0 Å². The predicted octanol–water partition coefficient (Wildman–Crippen LogP) is 8.26. The summed E-state index contributed by atoms with van der Waals surface area (Å²) in [6.07, 6.45) is 6.80. The average Bonchev–Trinajstić information content (AvgIpc) is 3.70. The van der Waals surface area contributed by atoms with Crippen LogP contribution < -0.4 is 9.47 Å². The van der Waals surface area contributed by atoms with E-state index in [0.717, 1.165) is 59.8 Å². The third-order valence-corrected chi connectivity index (χ3v) is 6.46. The Morgan fingerprint density at radius 2 is 0.750 bits per heavy atom. The predicted molar refractivity (Wildman–Crippen MR) is 154 cm³/mol. The fourth-order valence-corrected chi connectivity index (χ4v) is 4.14. The van der Waals surface area contributed by atoms with Crippen molar-refractivity contribution < 1.29 is 18.3 Å². The molecule has 5 rings (SSSR count). The molecule has 0 N–H and O–H groups in total. The molecule has 0 spiro atoms. The number of hydrogen-bond acceptors (Lipinski definition) is 8. The third kappa shape index (κ3) is 6.94. The molecule has 0 aliphatic rings. The Morgan fingerprint density at radius 1 is 0.450 bits per heavy atom. The second-order valence-corrected chi connectivity index (χ2v) is 9.56. The molecule has 0 saturated carbocycles. The van der Waals surface area contributed by atoms with E-state index in [1.165, 1.54) is 25.7 Å². The zero-order chi connectivity index (χ0) is 27.6. The van der Waals surface area contributed by atoms with E-state index < -0.39 is 0 Å². The fraction of sp³-hybridized carbons (Fsp3) is 0.312. The Bertz CT molecular complexity index is 1350. The van der Waals surface area contributed by atoms with Crippen LogP contribution in [0.2, 0.25) is 0 Å². The summed E-state index contributed by atoms with van der Waals surface area (Å²) in [5.41, 5.74) is 3.27. The fourth-order valence-electron chi connectivity index (χ4n) is 4.14. The number of aromatic nitrogens is 4. The van der Waals surface area contributed by atoms with Crippen molar-refractivity contribution in [1.82, 2.24) is 20.4 Å². The van der Waals surface area contributed by atoms with Crippen LogP contribution in [0, 0.1) is 0 Å². The van der Waals surface area contributed by atoms with Crippen molar-refractivity contribution >= 4 is 0 Å². The molecule has 0 unspecified atom stereocenters. The molecule has 0 radical (unpaired) electrons. The Morgan fingerprint density at radius 3 is 1.05 bits per heavy atom. The lowest BCUT2D eigenvalue weighted by Gasteiger charge is -2.05. The first-order chi connectivity index (χ1) is 19.7. The largest absolute Gasteiger partial charge is 0.494 e. The Hall–Kier alpha value is -4.46. The number of nitrogens with zero attached hydrogens (tertiary/aromatic N) is 4. The van der Waals surface area contributed by atoms with Crippen molar-refractivity contribution in [3.8, 4) is 57.3 Å². The molecule has 0 amide bonds. The van der Waals surface area contributed by atoms with Crippen molar-refractivity contribution in [3.63, 3.8) is 0 Å². The van der Waals surface area contributed by atoms with E-state index in [-0.39, 0.29) is 0 Å². The summed E-state index contributed by atoms with van der Waals surface area (Å²) in [6, 6.07) is 23.0. The SMILES string of the molecule is CCCCCOc1ccc(-c2nnc(-c3ccc(-c4nnc(-c5ccc(OCCCCC)cc5)o4)cc3)o2)cc1. The molecule has 0 atom stereocenters. The van der Waals surface area contributed by atoms with E-state index in [0.29, 0.717) is 23.6 Å². The zero-order valence-electron chi connectivity index (χ0n) is 23.0. The minimum absolute atomic E-state index is 0.435. The number of hydrogen-bond donors (Lipinski definition) is 0. The lowest BCUT2D eigenvalue weighted by atomic mass is 10.1. The monoisotopic (exact) mass is 538 g/mol. The molecule has 0 bridgehead atoms. The van der Waals surface area contributed by atoms with Gasteiger partial charge >= 0.3 is 0 Å². The molecular weight excluding hydrogens is 504 g/mol. The highest BCUT2D eigenvalue weighted by Crippen LogP contribution is 2.29. The van der Waals surface area contributed by atoms with Gasteiger partial charge in [-0.1, -0.05) is 39.5 Å². The molecule has 0 fully saturated rings. The molecule has 0 saturated heterocycles. The maximum absolute atomic E-state index is 5.94. The normalized spacial score (nSPS) is 11.1. The van der Waals surface area contributed by atoms with Gasteiger partial charge in [-0.15, -0.1) is 20.4 Å². The highest BCUT2D eigenvalue weighted by molar-refractivity contribution is 5.64. The van der Waals surface area contributed by atoms with Crippen LogP contribution in [-0.4, -0.2) is 33.6 Å². The number of ether oxygens (including phenoxy) is 2. The van der Waals surface area contributed by atoms with Gasteiger partial charge in [0.1, 0.15) is 11.5 Å². The molecule has 2 heterocycles. The van der Waals surface area contributed by atoms with Crippen molar-refractivity contribution in [3.05, 3.63) is 72.8 Å². The summed E-state index contributed by atoms with van der Waals surface area (Å²) < 4.78 is 23.4. The molecule has 3 aromatic carbocycles. The topological polar surface area (TPSA) is 96.3 Å². The van der Waals surface area contributed by atoms with Crippen LogP contribution in [0.25, 0.3) is 45.8 Å². The summed E-state index contributed by atoms with van der Waals surface area (Å²) >= 11 is 0. The summed E-state index contributed by atoms with van der Waals surface area (Å²) in [7, 11) is 0. The van der Waals surface area contributed by atoms with E-state index in [4.69, 9.17) is 18.3 Å². The second kappa shape index (κ2) is 13.6. The Kier molecular flexibility index (Phi) is 9.19. The molecule has 2 aromatic heterocycles. The van der Waals surface area contributed by atoms with E-state index >= 15 is 0 Å². The first-order valence-corrected chi connectivity index (χ1v) is 14.0. The summed E-state index contributed by atoms with van der Waals surface area (Å²) in [5.74, 6) is 3.45. The lowest BCUT2D eigenvalue weighted by molar-refractivity contribution is 0.306. The second-order valence-electron chi connectivity index (χ2n) is 9.56. The maximum atomic E-state index is 5.94. The van der Waals surface area contributed by atoms with Gasteiger partial charge in [0.25, 0.3) is 0 Å².